The molecule has 0 saturated heterocycles. The van der Waals surface area contributed by atoms with Crippen molar-refractivity contribution in [1.82, 2.24) is 0 Å². The van der Waals surface area contributed by atoms with Crippen LogP contribution in [0.1, 0.15) is 86.0 Å². The summed E-state index contributed by atoms with van der Waals surface area (Å²) in [5, 5.41) is 0. The third kappa shape index (κ3) is 3.32. The first-order valence-electron chi connectivity index (χ1n) is 8.34. The van der Waals surface area contributed by atoms with E-state index in [9.17, 15) is 9.59 Å². The van der Waals surface area contributed by atoms with Crippen molar-refractivity contribution < 1.29 is 9.59 Å². The van der Waals surface area contributed by atoms with E-state index in [1.807, 2.05) is 6.92 Å². The standard InChI is InChI=1S/C10H16O.C8H16O/c1-9(2)7-4-5-10(9,3)8(11)6-7;1-3-5-6-7-8(9)4-2/h7H,4-6H2,1-3H3;3-7H2,1-2H3. The van der Waals surface area contributed by atoms with Gasteiger partial charge in [0.25, 0.3) is 0 Å². The van der Waals surface area contributed by atoms with Crippen molar-refractivity contribution in [2.24, 2.45) is 16.7 Å². The highest BCUT2D eigenvalue weighted by Gasteiger charge is 2.61. The molecule has 0 aromatic carbocycles. The van der Waals surface area contributed by atoms with E-state index in [-0.39, 0.29) is 10.8 Å². The molecule has 2 rings (SSSR count). The van der Waals surface area contributed by atoms with Gasteiger partial charge in [-0.1, -0.05) is 47.5 Å². The molecule has 2 aliphatic carbocycles. The molecule has 2 aliphatic rings. The Morgan fingerprint density at radius 1 is 1.20 bits per heavy atom. The van der Waals surface area contributed by atoms with Crippen LogP contribution in [0.2, 0.25) is 0 Å². The molecule has 0 amide bonds. The van der Waals surface area contributed by atoms with Gasteiger partial charge in [0, 0.05) is 24.7 Å². The summed E-state index contributed by atoms with van der Waals surface area (Å²) in [4.78, 5) is 22.3. The minimum Gasteiger partial charge on any atom is -0.300 e. The Balaban J connectivity index is 0.000000206. The number of carbonyl (C=O) groups is 2. The number of fused-ring (bicyclic) bond motifs is 2. The maximum Gasteiger partial charge on any atom is 0.139 e. The summed E-state index contributed by atoms with van der Waals surface area (Å²) in [6.07, 6.45) is 8.25. The molecule has 0 aromatic rings. The van der Waals surface area contributed by atoms with E-state index < -0.39 is 0 Å². The third-order valence-electron chi connectivity index (χ3n) is 5.94. The first kappa shape index (κ1) is 17.4. The van der Waals surface area contributed by atoms with E-state index in [1.54, 1.807) is 0 Å². The number of rotatable bonds is 5. The van der Waals surface area contributed by atoms with Gasteiger partial charge in [-0.05, 0) is 30.6 Å². The number of carbonyl (C=O) groups excluding carboxylic acids is 2. The minimum absolute atomic E-state index is 0.0255. The van der Waals surface area contributed by atoms with Crippen LogP contribution in [0.15, 0.2) is 0 Å². The average Bonchev–Trinajstić information content (AvgIpc) is 2.72. The fraction of sp³-hybridized carbons (Fsp3) is 0.889. The molecule has 0 aliphatic heterocycles. The highest BCUT2D eigenvalue weighted by molar-refractivity contribution is 5.89. The van der Waals surface area contributed by atoms with E-state index >= 15 is 0 Å². The van der Waals surface area contributed by atoms with Gasteiger partial charge in [-0.25, -0.2) is 0 Å². The Morgan fingerprint density at radius 2 is 1.85 bits per heavy atom. The van der Waals surface area contributed by atoms with Gasteiger partial charge < -0.3 is 0 Å². The molecular weight excluding hydrogens is 248 g/mol. The molecule has 0 N–H and O–H groups in total. The Kier molecular flexibility index (Phi) is 5.97. The third-order valence-corrected chi connectivity index (χ3v) is 5.94. The Morgan fingerprint density at radius 3 is 2.15 bits per heavy atom. The van der Waals surface area contributed by atoms with Crippen LogP contribution in [-0.2, 0) is 9.59 Å². The predicted molar refractivity (Wildman–Crippen MR) is 83.7 cm³/mol. The van der Waals surface area contributed by atoms with Gasteiger partial charge >= 0.3 is 0 Å². The van der Waals surface area contributed by atoms with Crippen molar-refractivity contribution in [3.63, 3.8) is 0 Å². The fourth-order valence-corrected chi connectivity index (χ4v) is 3.65. The Labute approximate surface area is 124 Å². The smallest absolute Gasteiger partial charge is 0.139 e. The quantitative estimate of drug-likeness (QED) is 0.668. The molecule has 116 valence electrons. The molecule has 0 spiro atoms. The van der Waals surface area contributed by atoms with Crippen LogP contribution < -0.4 is 0 Å². The van der Waals surface area contributed by atoms with Gasteiger partial charge in [-0.2, -0.15) is 0 Å². The topological polar surface area (TPSA) is 34.1 Å². The first-order valence-corrected chi connectivity index (χ1v) is 8.34. The molecule has 0 aromatic heterocycles. The summed E-state index contributed by atoms with van der Waals surface area (Å²) in [5.41, 5.74) is 0.307. The van der Waals surface area contributed by atoms with E-state index in [0.717, 1.165) is 25.7 Å². The largest absolute Gasteiger partial charge is 0.300 e. The van der Waals surface area contributed by atoms with Crippen molar-refractivity contribution in [3.8, 4) is 0 Å². The average molecular weight is 280 g/mol. The van der Waals surface area contributed by atoms with Crippen LogP contribution in [0.3, 0.4) is 0 Å². The van der Waals surface area contributed by atoms with Crippen LogP contribution in [-0.4, -0.2) is 11.6 Å². The number of hydrogen-bond donors (Lipinski definition) is 0. The molecule has 0 radical (unpaired) electrons. The van der Waals surface area contributed by atoms with Crippen molar-refractivity contribution in [1.29, 1.82) is 0 Å². The van der Waals surface area contributed by atoms with E-state index in [1.165, 1.54) is 19.3 Å². The molecule has 0 heterocycles. The number of unbranched alkanes of at least 4 members (excludes halogenated alkanes) is 2. The second-order valence-electron chi connectivity index (χ2n) is 7.27. The van der Waals surface area contributed by atoms with Gasteiger partial charge in [0.15, 0.2) is 0 Å². The normalized spacial score (nSPS) is 30.1. The Bertz CT molecular complexity index is 356. The van der Waals surface area contributed by atoms with Crippen LogP contribution in [0, 0.1) is 16.7 Å². The summed E-state index contributed by atoms with van der Waals surface area (Å²) in [7, 11) is 0. The van der Waals surface area contributed by atoms with Gasteiger partial charge in [0.1, 0.15) is 11.6 Å². The summed E-state index contributed by atoms with van der Waals surface area (Å²) >= 11 is 0. The Hall–Kier alpha value is -0.660. The minimum atomic E-state index is 0.0255. The number of Topliss-reactive ketones (excluding diaryl/α,β-unsaturated/α-hetero) is 2. The molecular formula is C18H32O2. The zero-order chi connectivity index (χ0) is 15.4. The van der Waals surface area contributed by atoms with Gasteiger partial charge in [-0.3, -0.25) is 9.59 Å². The van der Waals surface area contributed by atoms with Gasteiger partial charge in [0.2, 0.25) is 0 Å². The molecule has 2 heteroatoms. The lowest BCUT2D eigenvalue weighted by Gasteiger charge is -2.32. The van der Waals surface area contributed by atoms with E-state index in [0.29, 0.717) is 23.9 Å². The second-order valence-corrected chi connectivity index (χ2v) is 7.27. The SMILES string of the molecule is CC12CCC(CC1=O)C2(C)C.CCCCCC(=O)CC. The zero-order valence-corrected chi connectivity index (χ0v) is 14.1. The molecule has 2 unspecified atom stereocenters. The van der Waals surface area contributed by atoms with Crippen molar-refractivity contribution >= 4 is 11.6 Å². The monoisotopic (exact) mass is 280 g/mol. The predicted octanol–water partition coefficient (Wildman–Crippen LogP) is 4.95. The van der Waals surface area contributed by atoms with Crippen molar-refractivity contribution in [3.05, 3.63) is 0 Å². The highest BCUT2D eigenvalue weighted by Crippen LogP contribution is 2.63. The lowest BCUT2D eigenvalue weighted by Crippen LogP contribution is -2.32. The van der Waals surface area contributed by atoms with Crippen LogP contribution in [0.5, 0.6) is 0 Å². The molecule has 2 atom stereocenters. The summed E-state index contributed by atoms with van der Waals surface area (Å²) in [5.74, 6) is 1.60. The van der Waals surface area contributed by atoms with Crippen molar-refractivity contribution in [2.45, 2.75) is 86.0 Å². The number of hydrogen-bond acceptors (Lipinski definition) is 2. The summed E-state index contributed by atoms with van der Waals surface area (Å²) in [6.45, 7) is 10.7. The molecule has 2 bridgehead atoms. The maximum atomic E-state index is 11.6. The van der Waals surface area contributed by atoms with Gasteiger partial charge in [-0.15, -0.1) is 0 Å². The van der Waals surface area contributed by atoms with Crippen molar-refractivity contribution in [2.75, 3.05) is 0 Å². The van der Waals surface area contributed by atoms with E-state index in [4.69, 9.17) is 0 Å². The summed E-state index contributed by atoms with van der Waals surface area (Å²) < 4.78 is 0. The van der Waals surface area contributed by atoms with E-state index in [2.05, 4.69) is 27.7 Å². The highest BCUT2D eigenvalue weighted by atomic mass is 16.1. The lowest BCUT2D eigenvalue weighted by molar-refractivity contribution is -0.128. The molecule has 20 heavy (non-hydrogen) atoms. The van der Waals surface area contributed by atoms with Crippen LogP contribution in [0.25, 0.3) is 0 Å². The molecule has 2 saturated carbocycles. The molecule has 2 fully saturated rings. The number of ketones is 2. The lowest BCUT2D eigenvalue weighted by atomic mass is 9.70. The van der Waals surface area contributed by atoms with Gasteiger partial charge in [0.05, 0.1) is 0 Å². The maximum absolute atomic E-state index is 11.6. The molecule has 2 nitrogen and oxygen atoms in total. The zero-order valence-electron chi connectivity index (χ0n) is 14.1. The first-order chi connectivity index (χ1) is 9.29. The fourth-order valence-electron chi connectivity index (χ4n) is 3.65. The van der Waals surface area contributed by atoms with Crippen LogP contribution in [0.4, 0.5) is 0 Å². The summed E-state index contributed by atoms with van der Waals surface area (Å²) in [6, 6.07) is 0. The van der Waals surface area contributed by atoms with Crippen LogP contribution >= 0.6 is 0 Å². The second kappa shape index (κ2) is 6.87.